The van der Waals surface area contributed by atoms with Crippen LogP contribution in [0.2, 0.25) is 5.02 Å². The lowest BCUT2D eigenvalue weighted by molar-refractivity contribution is 0.532. The van der Waals surface area contributed by atoms with Crippen LogP contribution in [0, 0.1) is 5.82 Å². The van der Waals surface area contributed by atoms with Crippen LogP contribution < -0.4 is 5.32 Å². The number of benzene rings is 1. The molecule has 1 unspecified atom stereocenters. The minimum atomic E-state index is -0.353. The van der Waals surface area contributed by atoms with Gasteiger partial charge in [-0.3, -0.25) is 0 Å². The summed E-state index contributed by atoms with van der Waals surface area (Å²) in [6.45, 7) is 0. The van der Waals surface area contributed by atoms with E-state index in [-0.39, 0.29) is 5.82 Å². The molecular weight excluding hydrogens is 289 g/mol. The Balaban J connectivity index is 2.04. The van der Waals surface area contributed by atoms with Crippen LogP contribution in [0.1, 0.15) is 36.6 Å². The zero-order valence-electron chi connectivity index (χ0n) is 11.9. The fourth-order valence-corrected chi connectivity index (χ4v) is 3.07. The van der Waals surface area contributed by atoms with Crippen molar-refractivity contribution >= 4 is 11.6 Å². The Morgan fingerprint density at radius 2 is 2.19 bits per heavy atom. The molecule has 1 atom stereocenters. The van der Waals surface area contributed by atoms with Crippen LogP contribution in [0.15, 0.2) is 24.4 Å². The van der Waals surface area contributed by atoms with Crippen molar-refractivity contribution in [3.8, 4) is 11.4 Å². The second kappa shape index (κ2) is 6.08. The summed E-state index contributed by atoms with van der Waals surface area (Å²) in [5, 5.41) is 3.66. The lowest BCUT2D eigenvalue weighted by atomic mass is 10.0. The summed E-state index contributed by atoms with van der Waals surface area (Å²) in [5.74, 6) is 0.212. The molecule has 0 radical (unpaired) electrons. The van der Waals surface area contributed by atoms with Gasteiger partial charge in [-0.1, -0.05) is 18.0 Å². The van der Waals surface area contributed by atoms with Crippen LogP contribution in [-0.2, 0) is 6.42 Å². The maximum atomic E-state index is 13.2. The molecule has 0 saturated carbocycles. The average Bonchev–Trinajstić information content (AvgIpc) is 2.68. The molecule has 1 aliphatic carbocycles. The van der Waals surface area contributed by atoms with Crippen molar-refractivity contribution < 1.29 is 4.39 Å². The second-order valence-corrected chi connectivity index (χ2v) is 5.71. The predicted octanol–water partition coefficient (Wildman–Crippen LogP) is 3.92. The summed E-state index contributed by atoms with van der Waals surface area (Å²) >= 11 is 6.10. The summed E-state index contributed by atoms with van der Waals surface area (Å²) in [4.78, 5) is 9.11. The van der Waals surface area contributed by atoms with E-state index in [1.165, 1.54) is 18.6 Å². The van der Waals surface area contributed by atoms with Crippen LogP contribution >= 0.6 is 11.6 Å². The smallest absolute Gasteiger partial charge is 0.160 e. The summed E-state index contributed by atoms with van der Waals surface area (Å²) in [5.41, 5.74) is 2.90. The third-order valence-corrected chi connectivity index (χ3v) is 4.27. The first-order valence-electron chi connectivity index (χ1n) is 7.17. The third-order valence-electron chi connectivity index (χ3n) is 3.95. The van der Waals surface area contributed by atoms with E-state index in [0.29, 0.717) is 22.5 Å². The van der Waals surface area contributed by atoms with E-state index in [2.05, 4.69) is 15.3 Å². The van der Waals surface area contributed by atoms with Gasteiger partial charge in [0.2, 0.25) is 0 Å². The number of fused-ring (bicyclic) bond motifs is 1. The molecule has 2 aromatic rings. The van der Waals surface area contributed by atoms with E-state index in [1.54, 1.807) is 6.07 Å². The highest BCUT2D eigenvalue weighted by Gasteiger charge is 2.20. The largest absolute Gasteiger partial charge is 0.313 e. The molecule has 21 heavy (non-hydrogen) atoms. The maximum Gasteiger partial charge on any atom is 0.160 e. The Bertz CT molecular complexity index is 660. The first-order valence-corrected chi connectivity index (χ1v) is 7.55. The van der Waals surface area contributed by atoms with Crippen LogP contribution in [0.3, 0.4) is 0 Å². The lowest BCUT2D eigenvalue weighted by Crippen LogP contribution is -2.17. The van der Waals surface area contributed by atoms with Crippen LogP contribution in [0.4, 0.5) is 4.39 Å². The van der Waals surface area contributed by atoms with Crippen LogP contribution in [0.25, 0.3) is 11.4 Å². The Morgan fingerprint density at radius 3 is 2.95 bits per heavy atom. The lowest BCUT2D eigenvalue weighted by Gasteiger charge is -2.16. The van der Waals surface area contributed by atoms with Crippen molar-refractivity contribution in [2.24, 2.45) is 0 Å². The highest BCUT2D eigenvalue weighted by atomic mass is 35.5. The van der Waals surface area contributed by atoms with Crippen molar-refractivity contribution in [1.82, 2.24) is 15.3 Å². The minimum absolute atomic E-state index is 0.306. The molecule has 0 saturated heterocycles. The second-order valence-electron chi connectivity index (χ2n) is 5.31. The molecule has 0 bridgehead atoms. The molecule has 5 heteroatoms. The topological polar surface area (TPSA) is 37.8 Å². The number of nitrogens with one attached hydrogen (secondary N) is 1. The van der Waals surface area contributed by atoms with Gasteiger partial charge in [0.05, 0.1) is 5.02 Å². The van der Waals surface area contributed by atoms with Gasteiger partial charge in [0.1, 0.15) is 5.82 Å². The molecule has 3 nitrogen and oxygen atoms in total. The monoisotopic (exact) mass is 305 g/mol. The fraction of sp³-hybridized carbons (Fsp3) is 0.375. The van der Waals surface area contributed by atoms with E-state index in [9.17, 15) is 4.39 Å². The highest BCUT2D eigenvalue weighted by molar-refractivity contribution is 6.33. The first-order chi connectivity index (χ1) is 10.2. The zero-order valence-corrected chi connectivity index (χ0v) is 12.6. The predicted molar refractivity (Wildman–Crippen MR) is 81.8 cm³/mol. The molecule has 0 amide bonds. The van der Waals surface area contributed by atoms with Gasteiger partial charge in [-0.2, -0.15) is 0 Å². The van der Waals surface area contributed by atoms with Gasteiger partial charge in [-0.25, -0.2) is 14.4 Å². The molecule has 1 N–H and O–H groups in total. The van der Waals surface area contributed by atoms with E-state index >= 15 is 0 Å². The van der Waals surface area contributed by atoms with Gasteiger partial charge in [0.25, 0.3) is 0 Å². The van der Waals surface area contributed by atoms with E-state index in [1.807, 2.05) is 13.2 Å². The average molecular weight is 306 g/mol. The van der Waals surface area contributed by atoms with Crippen LogP contribution in [-0.4, -0.2) is 17.0 Å². The quantitative estimate of drug-likeness (QED) is 0.855. The third kappa shape index (κ3) is 2.92. The number of nitrogens with zero attached hydrogens (tertiary/aromatic N) is 2. The number of rotatable bonds is 2. The standard InChI is InChI=1S/C16H17ClFN3/c1-19-14-4-2-3-5-15-12(14)9-20-16(21-15)11-7-6-10(18)8-13(11)17/h6-9,14,19H,2-5H2,1H3. The number of halogens is 2. The summed E-state index contributed by atoms with van der Waals surface area (Å²) in [6.07, 6.45) is 6.22. The Hall–Kier alpha value is -1.52. The Labute approximate surface area is 128 Å². The van der Waals surface area contributed by atoms with Gasteiger partial charge in [0.15, 0.2) is 5.82 Å². The van der Waals surface area contributed by atoms with Gasteiger partial charge in [0, 0.05) is 29.1 Å². The Morgan fingerprint density at radius 1 is 1.33 bits per heavy atom. The minimum Gasteiger partial charge on any atom is -0.313 e. The zero-order chi connectivity index (χ0) is 14.8. The van der Waals surface area contributed by atoms with Gasteiger partial charge >= 0.3 is 0 Å². The van der Waals surface area contributed by atoms with Gasteiger partial charge in [-0.15, -0.1) is 0 Å². The number of hydrogen-bond acceptors (Lipinski definition) is 3. The number of aromatic nitrogens is 2. The van der Waals surface area contributed by atoms with Crippen molar-refractivity contribution in [2.75, 3.05) is 7.05 Å². The van der Waals surface area contributed by atoms with E-state index in [0.717, 1.165) is 30.5 Å². The van der Waals surface area contributed by atoms with E-state index < -0.39 is 0 Å². The number of aryl methyl sites for hydroxylation is 1. The van der Waals surface area contributed by atoms with Gasteiger partial charge < -0.3 is 5.32 Å². The molecule has 0 fully saturated rings. The molecule has 1 aromatic carbocycles. The molecule has 110 valence electrons. The highest BCUT2D eigenvalue weighted by Crippen LogP contribution is 2.30. The van der Waals surface area contributed by atoms with Crippen LogP contribution in [0.5, 0.6) is 0 Å². The van der Waals surface area contributed by atoms with Crippen molar-refractivity contribution in [2.45, 2.75) is 31.7 Å². The molecule has 3 rings (SSSR count). The normalized spacial score (nSPS) is 18.1. The maximum absolute atomic E-state index is 13.2. The first kappa shape index (κ1) is 14.4. The SMILES string of the molecule is CNC1CCCCc2nc(-c3ccc(F)cc3Cl)ncc21. The summed E-state index contributed by atoms with van der Waals surface area (Å²) < 4.78 is 13.2. The molecule has 1 aromatic heterocycles. The Kier molecular flexibility index (Phi) is 4.17. The number of hydrogen-bond donors (Lipinski definition) is 1. The molecule has 1 aliphatic rings. The molecular formula is C16H17ClFN3. The summed E-state index contributed by atoms with van der Waals surface area (Å²) in [7, 11) is 1.96. The van der Waals surface area contributed by atoms with Crippen molar-refractivity contribution in [3.63, 3.8) is 0 Å². The van der Waals surface area contributed by atoms with E-state index in [4.69, 9.17) is 11.6 Å². The molecule has 0 aliphatic heterocycles. The fourth-order valence-electron chi connectivity index (χ4n) is 2.81. The molecule has 0 spiro atoms. The molecule has 1 heterocycles. The summed E-state index contributed by atoms with van der Waals surface area (Å²) in [6, 6.07) is 4.61. The van der Waals surface area contributed by atoms with Crippen molar-refractivity contribution in [1.29, 1.82) is 0 Å². The van der Waals surface area contributed by atoms with Crippen molar-refractivity contribution in [3.05, 3.63) is 46.5 Å². The van der Waals surface area contributed by atoms with Gasteiger partial charge in [-0.05, 0) is 44.5 Å².